The van der Waals surface area contributed by atoms with E-state index in [-0.39, 0.29) is 11.9 Å². The zero-order valence-electron chi connectivity index (χ0n) is 15.2. The van der Waals surface area contributed by atoms with Crippen molar-refractivity contribution in [2.24, 2.45) is 7.05 Å². The van der Waals surface area contributed by atoms with E-state index in [1.807, 2.05) is 27.8 Å². The molecule has 1 aliphatic heterocycles. The fourth-order valence-corrected chi connectivity index (χ4v) is 3.48. The minimum Gasteiger partial charge on any atom is -0.360 e. The van der Waals surface area contributed by atoms with E-state index in [9.17, 15) is 4.79 Å². The average molecular weight is 326 g/mol. The molecule has 0 spiro atoms. The average Bonchev–Trinajstić information content (AvgIpc) is 2.79. The summed E-state index contributed by atoms with van der Waals surface area (Å²) in [5, 5.41) is 7.44. The third-order valence-electron chi connectivity index (χ3n) is 4.99. The molecule has 0 bridgehead atoms. The number of hydrogen-bond acceptors (Lipinski definition) is 3. The first-order valence-electron chi connectivity index (χ1n) is 8.55. The third-order valence-corrected chi connectivity index (χ3v) is 4.99. The maximum atomic E-state index is 12.8. The Labute approximate surface area is 143 Å². The molecule has 1 aromatic heterocycles. The van der Waals surface area contributed by atoms with Crippen LogP contribution < -0.4 is 10.2 Å². The number of aryl methyl sites for hydroxylation is 4. The van der Waals surface area contributed by atoms with E-state index in [1.165, 1.54) is 16.8 Å². The minimum atomic E-state index is -0.217. The molecule has 128 valence electrons. The monoisotopic (exact) mass is 326 g/mol. The van der Waals surface area contributed by atoms with Crippen molar-refractivity contribution < 1.29 is 4.79 Å². The van der Waals surface area contributed by atoms with Gasteiger partial charge in [-0.05, 0) is 52.2 Å². The molecule has 2 heterocycles. The van der Waals surface area contributed by atoms with E-state index < -0.39 is 0 Å². The number of nitrogens with one attached hydrogen (secondary N) is 1. The number of carbonyl (C=O) groups is 1. The van der Waals surface area contributed by atoms with Crippen molar-refractivity contribution >= 4 is 17.3 Å². The zero-order chi connectivity index (χ0) is 17.4. The number of hydrogen-bond donors (Lipinski definition) is 1. The Morgan fingerprint density at radius 1 is 1.29 bits per heavy atom. The van der Waals surface area contributed by atoms with Crippen molar-refractivity contribution in [3.63, 3.8) is 0 Å². The number of amides is 1. The Hall–Kier alpha value is -2.30. The summed E-state index contributed by atoms with van der Waals surface area (Å²) in [6.45, 7) is 8.90. The molecule has 0 aliphatic carbocycles. The van der Waals surface area contributed by atoms with Crippen LogP contribution in [0.15, 0.2) is 18.2 Å². The highest BCUT2D eigenvalue weighted by molar-refractivity contribution is 5.97. The van der Waals surface area contributed by atoms with Gasteiger partial charge in [-0.3, -0.25) is 9.48 Å². The second-order valence-corrected chi connectivity index (χ2v) is 6.76. The summed E-state index contributed by atoms with van der Waals surface area (Å²) < 4.78 is 1.80. The van der Waals surface area contributed by atoms with Crippen molar-refractivity contribution in [3.8, 4) is 0 Å². The summed E-state index contributed by atoms with van der Waals surface area (Å²) in [6, 6.07) is 6.29. The molecule has 5 heteroatoms. The SMILES string of the molecule is Cc1ccc2c(c1)CCCN2[C@@H](C)C(=O)Nc1c(C)nn(C)c1C. The lowest BCUT2D eigenvalue weighted by Gasteiger charge is -2.35. The van der Waals surface area contributed by atoms with Crippen LogP contribution >= 0.6 is 0 Å². The molecule has 5 nitrogen and oxygen atoms in total. The van der Waals surface area contributed by atoms with Crippen LogP contribution in [0.3, 0.4) is 0 Å². The topological polar surface area (TPSA) is 50.2 Å². The smallest absolute Gasteiger partial charge is 0.246 e. The largest absolute Gasteiger partial charge is 0.360 e. The first-order chi connectivity index (χ1) is 11.4. The molecule has 0 unspecified atom stereocenters. The molecule has 1 amide bonds. The molecule has 2 aromatic rings. The highest BCUT2D eigenvalue weighted by atomic mass is 16.2. The lowest BCUT2D eigenvalue weighted by atomic mass is 9.98. The Kier molecular flexibility index (Phi) is 4.35. The first kappa shape index (κ1) is 16.6. The van der Waals surface area contributed by atoms with Crippen LogP contribution in [0.4, 0.5) is 11.4 Å². The van der Waals surface area contributed by atoms with Gasteiger partial charge in [-0.2, -0.15) is 5.10 Å². The number of fused-ring (bicyclic) bond motifs is 1. The van der Waals surface area contributed by atoms with Gasteiger partial charge in [0.1, 0.15) is 6.04 Å². The number of nitrogens with zero attached hydrogens (tertiary/aromatic N) is 3. The van der Waals surface area contributed by atoms with Gasteiger partial charge in [-0.25, -0.2) is 0 Å². The van der Waals surface area contributed by atoms with Crippen LogP contribution in [-0.2, 0) is 18.3 Å². The van der Waals surface area contributed by atoms with Gasteiger partial charge in [-0.1, -0.05) is 17.7 Å². The van der Waals surface area contributed by atoms with Crippen LogP contribution in [0.5, 0.6) is 0 Å². The van der Waals surface area contributed by atoms with Gasteiger partial charge < -0.3 is 10.2 Å². The van der Waals surface area contributed by atoms with Gasteiger partial charge in [-0.15, -0.1) is 0 Å². The first-order valence-corrected chi connectivity index (χ1v) is 8.55. The van der Waals surface area contributed by atoms with E-state index in [0.29, 0.717) is 0 Å². The van der Waals surface area contributed by atoms with E-state index in [2.05, 4.69) is 40.4 Å². The molecule has 0 saturated carbocycles. The van der Waals surface area contributed by atoms with Crippen LogP contribution in [0.25, 0.3) is 0 Å². The maximum absolute atomic E-state index is 12.8. The Morgan fingerprint density at radius 3 is 2.71 bits per heavy atom. The summed E-state index contributed by atoms with van der Waals surface area (Å²) in [4.78, 5) is 15.0. The van der Waals surface area contributed by atoms with Crippen molar-refractivity contribution in [1.82, 2.24) is 9.78 Å². The molecule has 24 heavy (non-hydrogen) atoms. The predicted octanol–water partition coefficient (Wildman–Crippen LogP) is 3.13. The molecule has 1 aromatic carbocycles. The normalized spacial score (nSPS) is 15.1. The van der Waals surface area contributed by atoms with Crippen LogP contribution in [0.1, 0.15) is 35.9 Å². The number of benzene rings is 1. The van der Waals surface area contributed by atoms with Crippen molar-refractivity contribution in [2.45, 2.75) is 46.6 Å². The predicted molar refractivity (Wildman–Crippen MR) is 97.6 cm³/mol. The fraction of sp³-hybridized carbons (Fsp3) is 0.474. The number of rotatable bonds is 3. The van der Waals surface area contributed by atoms with Gasteiger partial charge in [0.25, 0.3) is 0 Å². The Bertz CT molecular complexity index is 778. The summed E-state index contributed by atoms with van der Waals surface area (Å²) in [6.07, 6.45) is 2.17. The third kappa shape index (κ3) is 2.90. The second kappa shape index (κ2) is 6.30. The standard InChI is InChI=1S/C19H26N4O/c1-12-8-9-17-16(11-12)7-6-10-23(17)15(4)19(24)20-18-13(2)21-22(5)14(18)3/h8-9,11,15H,6-7,10H2,1-5H3,(H,20,24)/t15-/m0/s1. The minimum absolute atomic E-state index is 0.0163. The fourth-order valence-electron chi connectivity index (χ4n) is 3.48. The highest BCUT2D eigenvalue weighted by Gasteiger charge is 2.27. The summed E-state index contributed by atoms with van der Waals surface area (Å²) >= 11 is 0. The van der Waals surface area contributed by atoms with E-state index >= 15 is 0 Å². The maximum Gasteiger partial charge on any atom is 0.246 e. The molecule has 1 atom stereocenters. The van der Waals surface area contributed by atoms with Crippen molar-refractivity contribution in [3.05, 3.63) is 40.7 Å². The Morgan fingerprint density at radius 2 is 2.04 bits per heavy atom. The Balaban J connectivity index is 1.82. The molecule has 3 rings (SSSR count). The van der Waals surface area contributed by atoms with E-state index in [1.54, 1.807) is 4.68 Å². The van der Waals surface area contributed by atoms with Crippen LogP contribution in [-0.4, -0.2) is 28.3 Å². The van der Waals surface area contributed by atoms with Gasteiger partial charge in [0.15, 0.2) is 0 Å². The van der Waals surface area contributed by atoms with Crippen molar-refractivity contribution in [1.29, 1.82) is 0 Å². The summed E-state index contributed by atoms with van der Waals surface area (Å²) in [5.41, 5.74) is 6.46. The summed E-state index contributed by atoms with van der Waals surface area (Å²) in [7, 11) is 1.89. The highest BCUT2D eigenvalue weighted by Crippen LogP contribution is 2.30. The molecule has 1 N–H and O–H groups in total. The van der Waals surface area contributed by atoms with Gasteiger partial charge in [0.05, 0.1) is 17.1 Å². The molecular weight excluding hydrogens is 300 g/mol. The van der Waals surface area contributed by atoms with Crippen LogP contribution in [0, 0.1) is 20.8 Å². The molecule has 0 fully saturated rings. The number of anilines is 2. The van der Waals surface area contributed by atoms with E-state index in [4.69, 9.17) is 0 Å². The van der Waals surface area contributed by atoms with Gasteiger partial charge in [0, 0.05) is 19.3 Å². The van der Waals surface area contributed by atoms with Crippen molar-refractivity contribution in [2.75, 3.05) is 16.8 Å². The van der Waals surface area contributed by atoms with Crippen LogP contribution in [0.2, 0.25) is 0 Å². The quantitative estimate of drug-likeness (QED) is 0.943. The zero-order valence-corrected chi connectivity index (χ0v) is 15.2. The lowest BCUT2D eigenvalue weighted by molar-refractivity contribution is -0.117. The van der Waals surface area contributed by atoms with Gasteiger partial charge in [0.2, 0.25) is 5.91 Å². The second-order valence-electron chi connectivity index (χ2n) is 6.76. The molecular formula is C19H26N4O. The molecule has 0 saturated heterocycles. The van der Waals surface area contributed by atoms with Gasteiger partial charge >= 0.3 is 0 Å². The number of aromatic nitrogens is 2. The summed E-state index contributed by atoms with van der Waals surface area (Å²) in [5.74, 6) is 0.0163. The lowest BCUT2D eigenvalue weighted by Crippen LogP contribution is -2.44. The van der Waals surface area contributed by atoms with E-state index in [0.717, 1.165) is 36.5 Å². The number of carbonyl (C=O) groups excluding carboxylic acids is 1. The molecule has 0 radical (unpaired) electrons. The molecule has 1 aliphatic rings.